The van der Waals surface area contributed by atoms with Crippen LogP contribution >= 0.6 is 11.3 Å². The molecule has 1 aromatic carbocycles. The summed E-state index contributed by atoms with van der Waals surface area (Å²) in [5.41, 5.74) is 3.31. The highest BCUT2D eigenvalue weighted by Crippen LogP contribution is 2.29. The van der Waals surface area contributed by atoms with Crippen LogP contribution in [0.2, 0.25) is 0 Å². The average Bonchev–Trinajstić information content (AvgIpc) is 3.15. The molecule has 1 aliphatic heterocycles. The first kappa shape index (κ1) is 14.9. The van der Waals surface area contributed by atoms with Gasteiger partial charge in [-0.1, -0.05) is 12.1 Å². The lowest BCUT2D eigenvalue weighted by atomic mass is 10.0. The third kappa shape index (κ3) is 3.23. The molecule has 3 rings (SSSR count). The van der Waals surface area contributed by atoms with E-state index in [1.54, 1.807) is 0 Å². The lowest BCUT2D eigenvalue weighted by molar-refractivity contribution is 0.175. The second-order valence-electron chi connectivity index (χ2n) is 5.39. The van der Waals surface area contributed by atoms with Gasteiger partial charge >= 0.3 is 6.03 Å². The Balaban J connectivity index is 1.56. The molecule has 1 atom stereocenters. The molecule has 116 valence electrons. The Labute approximate surface area is 133 Å². The van der Waals surface area contributed by atoms with Crippen LogP contribution < -0.4 is 15.5 Å². The molecule has 0 saturated heterocycles. The number of likely N-dealkylation sites (N-methyl/N-ethyl adjacent to an activating group) is 1. The van der Waals surface area contributed by atoms with Gasteiger partial charge in [0.25, 0.3) is 0 Å². The average molecular weight is 317 g/mol. The van der Waals surface area contributed by atoms with Crippen LogP contribution in [0.5, 0.6) is 0 Å². The topological polar surface area (TPSA) is 64.6 Å². The van der Waals surface area contributed by atoms with Gasteiger partial charge in [0.05, 0.1) is 11.1 Å². The maximum Gasteiger partial charge on any atom is 0.319 e. The largest absolute Gasteiger partial charge is 0.387 e. The zero-order chi connectivity index (χ0) is 15.5. The number of carbonyl (C=O) groups is 1. The van der Waals surface area contributed by atoms with Crippen molar-refractivity contribution in [3.8, 4) is 0 Å². The van der Waals surface area contributed by atoms with Crippen LogP contribution in [0.15, 0.2) is 35.7 Å². The quantitative estimate of drug-likeness (QED) is 0.812. The summed E-state index contributed by atoms with van der Waals surface area (Å²) in [4.78, 5) is 13.9. The monoisotopic (exact) mass is 317 g/mol. The van der Waals surface area contributed by atoms with E-state index in [2.05, 4.69) is 22.6 Å². The van der Waals surface area contributed by atoms with Gasteiger partial charge in [-0.05, 0) is 41.1 Å². The van der Waals surface area contributed by atoms with E-state index >= 15 is 0 Å². The first-order valence-electron chi connectivity index (χ1n) is 7.24. The Bertz CT molecular complexity index is 657. The van der Waals surface area contributed by atoms with Crippen LogP contribution in [0, 0.1) is 0 Å². The van der Waals surface area contributed by atoms with Crippen LogP contribution in [0.4, 0.5) is 15.5 Å². The Kier molecular flexibility index (Phi) is 4.31. The second-order valence-corrected chi connectivity index (χ2v) is 6.34. The number of urea groups is 1. The van der Waals surface area contributed by atoms with Gasteiger partial charge < -0.3 is 15.3 Å². The van der Waals surface area contributed by atoms with Gasteiger partial charge in [-0.3, -0.25) is 5.32 Å². The minimum Gasteiger partial charge on any atom is -0.387 e. The molecule has 0 spiro atoms. The maximum absolute atomic E-state index is 11.7. The number of nitrogens with one attached hydrogen (secondary N) is 2. The molecule has 5 nitrogen and oxygen atoms in total. The minimum absolute atomic E-state index is 0.186. The molecule has 1 aromatic heterocycles. The summed E-state index contributed by atoms with van der Waals surface area (Å²) in [5, 5.41) is 18.3. The Hall–Kier alpha value is -2.05. The van der Waals surface area contributed by atoms with Crippen molar-refractivity contribution >= 4 is 28.1 Å². The number of rotatable bonds is 4. The molecule has 6 heteroatoms. The molecule has 1 aliphatic rings. The summed E-state index contributed by atoms with van der Waals surface area (Å²) in [7, 11) is 2.07. The predicted molar refractivity (Wildman–Crippen MR) is 89.7 cm³/mol. The minimum atomic E-state index is -0.703. The van der Waals surface area contributed by atoms with Crippen LogP contribution in [0.25, 0.3) is 0 Å². The zero-order valence-electron chi connectivity index (χ0n) is 12.4. The van der Waals surface area contributed by atoms with E-state index in [1.807, 2.05) is 35.7 Å². The first-order valence-corrected chi connectivity index (χ1v) is 8.12. The number of hydrogen-bond donors (Lipinski definition) is 3. The predicted octanol–water partition coefficient (Wildman–Crippen LogP) is 2.60. The van der Waals surface area contributed by atoms with E-state index in [0.29, 0.717) is 0 Å². The SMILES string of the molecule is CN1CCc2cc(C(O)CNC(=O)Nc3cccs3)ccc21. The zero-order valence-corrected chi connectivity index (χ0v) is 13.2. The molecule has 0 bridgehead atoms. The Morgan fingerprint density at radius 3 is 3.09 bits per heavy atom. The van der Waals surface area contributed by atoms with Gasteiger partial charge in [-0.25, -0.2) is 4.79 Å². The molecule has 22 heavy (non-hydrogen) atoms. The molecule has 2 aromatic rings. The van der Waals surface area contributed by atoms with E-state index < -0.39 is 6.10 Å². The molecular formula is C16H19N3O2S. The molecule has 1 unspecified atom stereocenters. The lowest BCUT2D eigenvalue weighted by Crippen LogP contribution is -2.32. The van der Waals surface area contributed by atoms with Crippen molar-refractivity contribution in [1.29, 1.82) is 0 Å². The van der Waals surface area contributed by atoms with Crippen LogP contribution in [-0.4, -0.2) is 31.3 Å². The summed E-state index contributed by atoms with van der Waals surface area (Å²) in [6.45, 7) is 1.20. The summed E-state index contributed by atoms with van der Waals surface area (Å²) < 4.78 is 0. The number of nitrogens with zero attached hydrogens (tertiary/aromatic N) is 1. The van der Waals surface area contributed by atoms with E-state index in [9.17, 15) is 9.90 Å². The highest BCUT2D eigenvalue weighted by Gasteiger charge is 2.18. The number of hydrogen-bond acceptors (Lipinski definition) is 4. The van der Waals surface area contributed by atoms with Crippen molar-refractivity contribution in [2.75, 3.05) is 30.4 Å². The van der Waals surface area contributed by atoms with Gasteiger partial charge in [0.15, 0.2) is 0 Å². The molecular weight excluding hydrogens is 298 g/mol. The number of benzene rings is 1. The number of amides is 2. The van der Waals surface area contributed by atoms with Crippen LogP contribution in [-0.2, 0) is 6.42 Å². The fraction of sp³-hybridized carbons (Fsp3) is 0.312. The second kappa shape index (κ2) is 6.37. The van der Waals surface area contributed by atoms with Gasteiger partial charge in [-0.15, -0.1) is 11.3 Å². The fourth-order valence-corrected chi connectivity index (χ4v) is 3.22. The fourth-order valence-electron chi connectivity index (χ4n) is 2.61. The summed E-state index contributed by atoms with van der Waals surface area (Å²) >= 11 is 1.46. The molecule has 0 radical (unpaired) electrons. The van der Waals surface area contributed by atoms with Crippen molar-refractivity contribution in [3.63, 3.8) is 0 Å². The number of anilines is 2. The van der Waals surface area contributed by atoms with Crippen LogP contribution in [0.3, 0.4) is 0 Å². The number of thiophene rings is 1. The van der Waals surface area contributed by atoms with Crippen LogP contribution in [0.1, 0.15) is 17.2 Å². The summed E-state index contributed by atoms with van der Waals surface area (Å²) in [6, 6.07) is 9.38. The van der Waals surface area contributed by atoms with Crippen molar-refractivity contribution in [2.45, 2.75) is 12.5 Å². The van der Waals surface area contributed by atoms with Gasteiger partial charge in [0.2, 0.25) is 0 Å². The van der Waals surface area contributed by atoms with Crippen molar-refractivity contribution in [2.24, 2.45) is 0 Å². The highest BCUT2D eigenvalue weighted by molar-refractivity contribution is 7.14. The molecule has 2 amide bonds. The number of aliphatic hydroxyl groups excluding tert-OH is 1. The smallest absolute Gasteiger partial charge is 0.319 e. The maximum atomic E-state index is 11.7. The number of aliphatic hydroxyl groups is 1. The van der Waals surface area contributed by atoms with Gasteiger partial charge in [-0.2, -0.15) is 0 Å². The summed E-state index contributed by atoms with van der Waals surface area (Å²) in [5.74, 6) is 0. The normalized spacial score (nSPS) is 14.5. The number of fused-ring (bicyclic) bond motifs is 1. The van der Waals surface area contributed by atoms with Gasteiger partial charge in [0, 0.05) is 25.8 Å². The van der Waals surface area contributed by atoms with Gasteiger partial charge in [0.1, 0.15) is 0 Å². The van der Waals surface area contributed by atoms with Crippen molar-refractivity contribution < 1.29 is 9.90 Å². The Morgan fingerprint density at radius 1 is 1.45 bits per heavy atom. The summed E-state index contributed by atoms with van der Waals surface area (Å²) in [6.07, 6.45) is 0.295. The third-order valence-corrected chi connectivity index (χ3v) is 4.62. The van der Waals surface area contributed by atoms with Crippen molar-refractivity contribution in [1.82, 2.24) is 5.32 Å². The molecule has 0 aliphatic carbocycles. The standard InChI is InChI=1S/C16H19N3O2S/c1-19-7-6-11-9-12(4-5-13(11)19)14(20)10-17-16(21)18-15-3-2-8-22-15/h2-5,8-9,14,20H,6-7,10H2,1H3,(H2,17,18,21). The highest BCUT2D eigenvalue weighted by atomic mass is 32.1. The lowest BCUT2D eigenvalue weighted by Gasteiger charge is -2.15. The Morgan fingerprint density at radius 2 is 2.32 bits per heavy atom. The van der Waals surface area contributed by atoms with E-state index in [0.717, 1.165) is 23.5 Å². The molecule has 3 N–H and O–H groups in total. The van der Waals surface area contributed by atoms with E-state index in [1.165, 1.54) is 22.6 Å². The number of carbonyl (C=O) groups excluding carboxylic acids is 1. The third-order valence-electron chi connectivity index (χ3n) is 3.83. The molecule has 0 fully saturated rings. The first-order chi connectivity index (χ1) is 10.6. The van der Waals surface area contributed by atoms with Crippen molar-refractivity contribution in [3.05, 3.63) is 46.8 Å². The molecule has 2 heterocycles. The van der Waals surface area contributed by atoms with E-state index in [4.69, 9.17) is 0 Å². The van der Waals surface area contributed by atoms with E-state index in [-0.39, 0.29) is 12.6 Å². The molecule has 0 saturated carbocycles.